The lowest BCUT2D eigenvalue weighted by Crippen LogP contribution is -2.24. The zero-order valence-corrected chi connectivity index (χ0v) is 50.8. The smallest absolute Gasteiger partial charge is 0.282 e. The number of nitrogens with one attached hydrogen (secondary N) is 1. The molecule has 0 bridgehead atoms. The van der Waals surface area contributed by atoms with Gasteiger partial charge in [0.05, 0.1) is 75.8 Å². The molecule has 0 aliphatic heterocycles. The monoisotopic (exact) mass is 1330 g/mol. The number of aromatic nitrogens is 10. The first kappa shape index (κ1) is 59.1. The third-order valence-corrected chi connectivity index (χ3v) is 15.5. The van der Waals surface area contributed by atoms with Crippen LogP contribution in [0.4, 0.5) is 8.78 Å². The number of hydrogen-bond donors (Lipinski definition) is 4. The first-order valence-electron chi connectivity index (χ1n) is 26.0. The van der Waals surface area contributed by atoms with Crippen LogP contribution in [0.5, 0.6) is 0 Å². The molecule has 0 unspecified atom stereocenters. The highest BCUT2D eigenvalue weighted by atomic mass is 79.9. The molecule has 0 atom stereocenters. The van der Waals surface area contributed by atoms with Crippen molar-refractivity contribution in [3.05, 3.63) is 213 Å². The number of benzene rings is 4. The van der Waals surface area contributed by atoms with Gasteiger partial charge in [-0.15, -0.1) is 0 Å². The number of fused-ring (bicyclic) bond motifs is 5. The molecule has 85 heavy (non-hydrogen) atoms. The molecule has 5 N–H and O–H groups in total. The Balaban J connectivity index is 0.000000158. The predicted octanol–water partition coefficient (Wildman–Crippen LogP) is 12.0. The van der Waals surface area contributed by atoms with Crippen LogP contribution in [0.1, 0.15) is 85.3 Å². The summed E-state index contributed by atoms with van der Waals surface area (Å²) in [6.45, 7) is 10.9. The second kappa shape index (κ2) is 23.2. The normalized spacial score (nSPS) is 11.6. The van der Waals surface area contributed by atoms with Gasteiger partial charge in [-0.3, -0.25) is 19.0 Å². The van der Waals surface area contributed by atoms with Crippen molar-refractivity contribution in [2.24, 2.45) is 5.73 Å². The van der Waals surface area contributed by atoms with Crippen LogP contribution in [0.2, 0.25) is 0 Å². The minimum Gasteiger partial charge on any atom is -0.392 e. The molecule has 1 amide bonds. The van der Waals surface area contributed by atoms with E-state index >= 15 is 8.78 Å². The fourth-order valence-corrected chi connectivity index (χ4v) is 10.8. The van der Waals surface area contributed by atoms with Gasteiger partial charge in [0.15, 0.2) is 0 Å². The number of aliphatic hydroxyl groups is 2. The molecule has 0 radical (unpaired) electrons. The Kier molecular flexibility index (Phi) is 16.1. The zero-order chi connectivity index (χ0) is 61.0. The highest BCUT2D eigenvalue weighted by molar-refractivity contribution is 9.11. The average molecular weight is 1330 g/mol. The van der Waals surface area contributed by atoms with Gasteiger partial charge in [0.2, 0.25) is 0 Å². The van der Waals surface area contributed by atoms with Crippen molar-refractivity contribution in [2.45, 2.75) is 65.6 Å². The lowest BCUT2D eigenvalue weighted by molar-refractivity contribution is 0.100. The number of nitriles is 2. The number of pyridine rings is 3. The molecule has 23 heteroatoms. The average Bonchev–Trinajstić information content (AvgIpc) is 3.45. The molecule has 0 saturated carbocycles. The third kappa shape index (κ3) is 11.2. The van der Waals surface area contributed by atoms with Crippen molar-refractivity contribution in [1.82, 2.24) is 48.6 Å². The molecule has 426 valence electrons. The van der Waals surface area contributed by atoms with Gasteiger partial charge >= 0.3 is 0 Å². The molecule has 8 heterocycles. The number of nitrogens with zero attached hydrogens (tertiary/aromatic N) is 11. The Morgan fingerprint density at radius 3 is 1.51 bits per heavy atom. The molecule has 18 nitrogen and oxygen atoms in total. The molecule has 12 aromatic rings. The lowest BCUT2D eigenvalue weighted by Gasteiger charge is -2.20. The van der Waals surface area contributed by atoms with E-state index in [1.807, 2.05) is 53.7 Å². The minimum atomic E-state index is -0.654. The van der Waals surface area contributed by atoms with E-state index in [0.717, 1.165) is 36.1 Å². The van der Waals surface area contributed by atoms with Gasteiger partial charge in [-0.25, -0.2) is 23.7 Å². The van der Waals surface area contributed by atoms with Crippen LogP contribution in [-0.4, -0.2) is 64.8 Å². The second-order valence-corrected chi connectivity index (χ2v) is 24.0. The summed E-state index contributed by atoms with van der Waals surface area (Å²) in [5.41, 5.74) is 10.4. The Morgan fingerprint density at radius 1 is 0.612 bits per heavy atom. The van der Waals surface area contributed by atoms with E-state index in [0.29, 0.717) is 81.4 Å². The lowest BCUT2D eigenvalue weighted by atomic mass is 9.86. The van der Waals surface area contributed by atoms with Gasteiger partial charge in [0.25, 0.3) is 17.0 Å². The standard InChI is InChI=1S/C27H23BrFN5O3.C27H21BrFN5O2.C8H4BrN3/c1-27(2,3)15-9-14-11-31-34(26(37)23(14)19(29)10-15)21-6-4-5-20(18(21)13-35)33-12-17(24(30)36)16-7-8-22(28)32-25(16)33;1-27(2,3)17-9-15-12-31-34(26(36)24(15)20(29)10-17)22-6-4-5-21(19(22)14-35)33-13-16(11-30)18-7-8-23(28)32-25(18)33;9-7-2-1-6-5(3-10)4-11-8(6)12-7/h4-12,35H,13H2,1-3H3,(H2,30,36);4-10,12-13,35H,14H2,1-3H3;1-2,4H,(H,11,12). The van der Waals surface area contributed by atoms with Crippen LogP contribution >= 0.6 is 47.8 Å². The summed E-state index contributed by atoms with van der Waals surface area (Å²) < 4.78 is 37.7. The van der Waals surface area contributed by atoms with Crippen LogP contribution in [0, 0.1) is 34.3 Å². The number of rotatable bonds is 7. The molecular weight excluding hydrogens is 1280 g/mol. The Morgan fingerprint density at radius 2 is 1.05 bits per heavy atom. The number of hydrogen-bond acceptors (Lipinski definition) is 12. The van der Waals surface area contributed by atoms with E-state index in [9.17, 15) is 29.9 Å². The van der Waals surface area contributed by atoms with Crippen molar-refractivity contribution in [1.29, 1.82) is 10.5 Å². The van der Waals surface area contributed by atoms with Crippen LogP contribution in [0.3, 0.4) is 0 Å². The van der Waals surface area contributed by atoms with Gasteiger partial charge in [-0.1, -0.05) is 53.7 Å². The maximum Gasteiger partial charge on any atom is 0.282 e. The number of halogens is 5. The number of aromatic amines is 1. The minimum absolute atomic E-state index is 0.0731. The summed E-state index contributed by atoms with van der Waals surface area (Å²) >= 11 is 9.96. The summed E-state index contributed by atoms with van der Waals surface area (Å²) in [6, 6.07) is 31.3. The highest BCUT2D eigenvalue weighted by Crippen LogP contribution is 2.34. The van der Waals surface area contributed by atoms with E-state index in [-0.39, 0.29) is 32.9 Å². The molecule has 0 aliphatic rings. The molecule has 4 aromatic carbocycles. The van der Waals surface area contributed by atoms with E-state index in [2.05, 4.69) is 90.1 Å². The summed E-state index contributed by atoms with van der Waals surface area (Å²) in [5, 5.41) is 50.4. The van der Waals surface area contributed by atoms with Crippen molar-refractivity contribution in [3.8, 4) is 34.9 Å². The van der Waals surface area contributed by atoms with Gasteiger partial charge in [0.1, 0.15) is 54.5 Å². The van der Waals surface area contributed by atoms with Crippen molar-refractivity contribution >= 4 is 108 Å². The van der Waals surface area contributed by atoms with Crippen molar-refractivity contribution in [2.75, 3.05) is 0 Å². The molecule has 12 rings (SSSR count). The summed E-state index contributed by atoms with van der Waals surface area (Å²) in [7, 11) is 0. The Labute approximate surface area is 507 Å². The number of carbonyl (C=O) groups is 1. The van der Waals surface area contributed by atoms with E-state index in [1.165, 1.54) is 30.7 Å². The van der Waals surface area contributed by atoms with Crippen LogP contribution < -0.4 is 16.9 Å². The molecule has 0 spiro atoms. The Hall–Kier alpha value is -9.10. The zero-order valence-electron chi connectivity index (χ0n) is 46.0. The number of nitrogens with two attached hydrogens (primary N) is 1. The van der Waals surface area contributed by atoms with Gasteiger partial charge in [0, 0.05) is 56.6 Å². The number of aliphatic hydroxyl groups excluding tert-OH is 2. The van der Waals surface area contributed by atoms with Crippen LogP contribution in [-0.2, 0) is 24.0 Å². The van der Waals surface area contributed by atoms with Crippen LogP contribution in [0.15, 0.2) is 151 Å². The summed E-state index contributed by atoms with van der Waals surface area (Å²) in [4.78, 5) is 55.1. The van der Waals surface area contributed by atoms with Gasteiger partial charge in [-0.05, 0) is 155 Å². The number of H-pyrrole nitrogens is 1. The summed E-state index contributed by atoms with van der Waals surface area (Å²) in [6.07, 6.45) is 7.73. The Bertz CT molecular complexity index is 4930. The topological polar surface area (TPSA) is 265 Å². The van der Waals surface area contributed by atoms with Gasteiger partial charge in [-0.2, -0.15) is 30.1 Å². The predicted molar refractivity (Wildman–Crippen MR) is 330 cm³/mol. The highest BCUT2D eigenvalue weighted by Gasteiger charge is 2.25. The van der Waals surface area contributed by atoms with Crippen molar-refractivity contribution < 1.29 is 23.8 Å². The third-order valence-electron chi connectivity index (χ3n) is 14.2. The maximum atomic E-state index is 15.2. The SMILES string of the molecule is CC(C)(C)c1cc(F)c2c(=O)n(-c3cccc(-n4cc(C#N)c5ccc(Br)nc54)c3CO)ncc2c1.CC(C)(C)c1cc(F)c2c(=O)n(-c3cccc(-n4cc(C(N)=O)c5ccc(Br)nc54)c3CO)ncc2c1.N#Cc1c[nH]c2nc(Br)ccc12. The number of amides is 1. The molecular formula is C62H48Br3F2N13O5. The van der Waals surface area contributed by atoms with Crippen molar-refractivity contribution in [3.63, 3.8) is 0 Å². The maximum absolute atomic E-state index is 15.2. The largest absolute Gasteiger partial charge is 0.392 e. The second-order valence-electron chi connectivity index (χ2n) is 21.6. The van der Waals surface area contributed by atoms with Crippen LogP contribution in [0.25, 0.3) is 77.4 Å². The van der Waals surface area contributed by atoms with Gasteiger partial charge < -0.3 is 25.5 Å². The fourth-order valence-electron chi connectivity index (χ4n) is 9.86. The van der Waals surface area contributed by atoms with E-state index in [1.54, 1.807) is 94.3 Å². The first-order valence-corrected chi connectivity index (χ1v) is 28.3. The fraction of sp³-hybridized carbons (Fsp3) is 0.161. The molecule has 0 saturated heterocycles. The number of carbonyl (C=O) groups excluding carboxylic acids is 1. The van der Waals surface area contributed by atoms with E-state index in [4.69, 9.17) is 11.0 Å². The molecule has 0 fully saturated rings. The summed E-state index contributed by atoms with van der Waals surface area (Å²) in [5.74, 6) is -1.89. The number of primary amides is 1. The first-order chi connectivity index (χ1) is 40.4. The molecule has 0 aliphatic carbocycles. The van der Waals surface area contributed by atoms with E-state index < -0.39 is 41.9 Å². The quantitative estimate of drug-likeness (QED) is 0.109. The molecule has 8 aromatic heterocycles.